The van der Waals surface area contributed by atoms with Crippen molar-refractivity contribution in [3.8, 4) is 0 Å². The molecule has 0 heterocycles. The number of benzene rings is 1. The largest absolute Gasteiger partial charge is 0.286 e. The molecule has 1 saturated carbocycles. The van der Waals surface area contributed by atoms with Gasteiger partial charge in [-0.15, -0.1) is 0 Å². The Bertz CT molecular complexity index is 353. The fourth-order valence-corrected chi connectivity index (χ4v) is 2.42. The van der Waals surface area contributed by atoms with E-state index in [-0.39, 0.29) is 0 Å². The molecule has 0 N–H and O–H groups in total. The second kappa shape index (κ2) is 5.29. The molecule has 16 heavy (non-hydrogen) atoms. The molecule has 1 heteroatoms. The molecule has 2 atom stereocenters. The van der Waals surface area contributed by atoms with Crippen LogP contribution in [0.1, 0.15) is 51.1 Å². The molecule has 0 aromatic heterocycles. The van der Waals surface area contributed by atoms with E-state index in [4.69, 9.17) is 4.99 Å². The summed E-state index contributed by atoms with van der Waals surface area (Å²) in [7, 11) is 0. The van der Waals surface area contributed by atoms with E-state index in [1.165, 1.54) is 37.0 Å². The van der Waals surface area contributed by atoms with Crippen LogP contribution in [0.4, 0.5) is 0 Å². The second-order valence-corrected chi connectivity index (χ2v) is 4.85. The van der Waals surface area contributed by atoms with E-state index in [1.54, 1.807) is 0 Å². The smallest absolute Gasteiger partial charge is 0.0720 e. The van der Waals surface area contributed by atoms with Gasteiger partial charge in [0, 0.05) is 5.71 Å². The maximum atomic E-state index is 4.90. The molecule has 2 rings (SSSR count). The number of nitrogens with zero attached hydrogens (tertiary/aromatic N) is 1. The molecular weight excluding hydrogens is 194 g/mol. The molecule has 0 aliphatic heterocycles. The van der Waals surface area contributed by atoms with Gasteiger partial charge in [-0.25, -0.2) is 0 Å². The highest BCUT2D eigenvalue weighted by Crippen LogP contribution is 2.25. The Balaban J connectivity index is 2.10. The van der Waals surface area contributed by atoms with Crippen molar-refractivity contribution in [3.05, 3.63) is 35.9 Å². The molecule has 0 radical (unpaired) electrons. The summed E-state index contributed by atoms with van der Waals surface area (Å²) in [5.41, 5.74) is 2.76. The lowest BCUT2D eigenvalue weighted by molar-refractivity contribution is 0.552. The third-order valence-electron chi connectivity index (χ3n) is 3.53. The SMILES string of the molecule is C[C@@H]1CCCCC1=N[C@@H](C)c1ccccc1. The zero-order valence-electron chi connectivity index (χ0n) is 10.3. The van der Waals surface area contributed by atoms with Crippen molar-refractivity contribution >= 4 is 5.71 Å². The van der Waals surface area contributed by atoms with E-state index in [9.17, 15) is 0 Å². The third-order valence-corrected chi connectivity index (χ3v) is 3.53. The van der Waals surface area contributed by atoms with Gasteiger partial charge >= 0.3 is 0 Å². The first kappa shape index (κ1) is 11.4. The minimum atomic E-state index is 0.316. The zero-order valence-corrected chi connectivity index (χ0v) is 10.3. The molecule has 0 unspecified atom stereocenters. The lowest BCUT2D eigenvalue weighted by atomic mass is 9.88. The Morgan fingerprint density at radius 3 is 2.62 bits per heavy atom. The molecule has 1 fully saturated rings. The second-order valence-electron chi connectivity index (χ2n) is 4.85. The van der Waals surface area contributed by atoms with Crippen molar-refractivity contribution in [1.29, 1.82) is 0 Å². The van der Waals surface area contributed by atoms with Gasteiger partial charge in [0.15, 0.2) is 0 Å². The third kappa shape index (κ3) is 2.72. The van der Waals surface area contributed by atoms with E-state index in [0.29, 0.717) is 12.0 Å². The van der Waals surface area contributed by atoms with Gasteiger partial charge in [0.25, 0.3) is 0 Å². The van der Waals surface area contributed by atoms with Crippen LogP contribution >= 0.6 is 0 Å². The highest BCUT2D eigenvalue weighted by molar-refractivity contribution is 5.87. The zero-order chi connectivity index (χ0) is 11.4. The highest BCUT2D eigenvalue weighted by Gasteiger charge is 2.16. The molecular formula is C15H21N. The maximum absolute atomic E-state index is 4.90. The quantitative estimate of drug-likeness (QED) is 0.693. The first-order valence-corrected chi connectivity index (χ1v) is 6.39. The Hall–Kier alpha value is -1.11. The average Bonchev–Trinajstić information content (AvgIpc) is 2.33. The molecule has 0 amide bonds. The van der Waals surface area contributed by atoms with Crippen LogP contribution in [-0.2, 0) is 0 Å². The van der Waals surface area contributed by atoms with E-state index in [2.05, 4.69) is 44.2 Å². The van der Waals surface area contributed by atoms with Crippen LogP contribution in [0.25, 0.3) is 0 Å². The van der Waals surface area contributed by atoms with Crippen LogP contribution in [0.2, 0.25) is 0 Å². The van der Waals surface area contributed by atoms with Crippen molar-refractivity contribution < 1.29 is 0 Å². The van der Waals surface area contributed by atoms with Crippen molar-refractivity contribution in [3.63, 3.8) is 0 Å². The van der Waals surface area contributed by atoms with E-state index in [0.717, 1.165) is 0 Å². The lowest BCUT2D eigenvalue weighted by Crippen LogP contribution is -2.17. The summed E-state index contributed by atoms with van der Waals surface area (Å²) in [5, 5.41) is 0. The van der Waals surface area contributed by atoms with Gasteiger partial charge in [0.2, 0.25) is 0 Å². The van der Waals surface area contributed by atoms with E-state index < -0.39 is 0 Å². The van der Waals surface area contributed by atoms with Crippen molar-refractivity contribution in [1.82, 2.24) is 0 Å². The summed E-state index contributed by atoms with van der Waals surface area (Å²) < 4.78 is 0. The molecule has 0 spiro atoms. The minimum Gasteiger partial charge on any atom is -0.286 e. The number of hydrogen-bond donors (Lipinski definition) is 0. The monoisotopic (exact) mass is 215 g/mol. The number of aliphatic imine (C=N–C) groups is 1. The minimum absolute atomic E-state index is 0.316. The molecule has 1 nitrogen and oxygen atoms in total. The van der Waals surface area contributed by atoms with E-state index >= 15 is 0 Å². The van der Waals surface area contributed by atoms with Gasteiger partial charge in [-0.05, 0) is 37.7 Å². The first-order chi connectivity index (χ1) is 7.77. The van der Waals surface area contributed by atoms with Crippen molar-refractivity contribution in [2.24, 2.45) is 10.9 Å². The van der Waals surface area contributed by atoms with Crippen molar-refractivity contribution in [2.45, 2.75) is 45.6 Å². The Kier molecular flexibility index (Phi) is 3.76. The molecule has 1 aliphatic carbocycles. The first-order valence-electron chi connectivity index (χ1n) is 6.39. The summed E-state index contributed by atoms with van der Waals surface area (Å²) in [6, 6.07) is 10.9. The summed E-state index contributed by atoms with van der Waals surface area (Å²) in [4.78, 5) is 4.90. The van der Waals surface area contributed by atoms with Gasteiger partial charge in [-0.1, -0.05) is 43.7 Å². The Morgan fingerprint density at radius 2 is 1.94 bits per heavy atom. The van der Waals surface area contributed by atoms with E-state index in [1.807, 2.05) is 0 Å². The Morgan fingerprint density at radius 1 is 1.19 bits per heavy atom. The molecule has 0 bridgehead atoms. The molecule has 1 aromatic carbocycles. The van der Waals surface area contributed by atoms with Gasteiger partial charge in [0.05, 0.1) is 6.04 Å². The predicted molar refractivity (Wildman–Crippen MR) is 69.9 cm³/mol. The fraction of sp³-hybridized carbons (Fsp3) is 0.533. The lowest BCUT2D eigenvalue weighted by Gasteiger charge is -2.22. The van der Waals surface area contributed by atoms with Crippen LogP contribution in [0.3, 0.4) is 0 Å². The van der Waals surface area contributed by atoms with Crippen LogP contribution in [-0.4, -0.2) is 5.71 Å². The van der Waals surface area contributed by atoms with Crippen LogP contribution in [0.5, 0.6) is 0 Å². The van der Waals surface area contributed by atoms with Crippen LogP contribution in [0, 0.1) is 5.92 Å². The fourth-order valence-electron chi connectivity index (χ4n) is 2.42. The van der Waals surface area contributed by atoms with Gasteiger partial charge in [0.1, 0.15) is 0 Å². The molecule has 0 saturated heterocycles. The number of rotatable bonds is 2. The van der Waals surface area contributed by atoms with Gasteiger partial charge in [-0.2, -0.15) is 0 Å². The molecule has 1 aromatic rings. The summed E-state index contributed by atoms with van der Waals surface area (Å²) in [6.45, 7) is 4.51. The molecule has 86 valence electrons. The predicted octanol–water partition coefficient (Wildman–Crippen LogP) is 4.40. The van der Waals surface area contributed by atoms with Crippen LogP contribution < -0.4 is 0 Å². The number of hydrogen-bond acceptors (Lipinski definition) is 1. The van der Waals surface area contributed by atoms with Crippen LogP contribution in [0.15, 0.2) is 35.3 Å². The summed E-state index contributed by atoms with van der Waals surface area (Å²) >= 11 is 0. The standard InChI is InChI=1S/C15H21N/c1-12-8-6-7-11-15(12)16-13(2)14-9-4-3-5-10-14/h3-5,9-10,12-13H,6-8,11H2,1-2H3/t12-,13+/m1/s1. The topological polar surface area (TPSA) is 12.4 Å². The average molecular weight is 215 g/mol. The summed E-state index contributed by atoms with van der Waals surface area (Å²) in [5.74, 6) is 0.694. The Labute approximate surface area is 98.6 Å². The molecule has 1 aliphatic rings. The summed E-state index contributed by atoms with van der Waals surface area (Å²) in [6.07, 6.45) is 5.23. The van der Waals surface area contributed by atoms with Gasteiger partial charge in [-0.3, -0.25) is 4.99 Å². The normalized spacial score (nSPS) is 25.6. The van der Waals surface area contributed by atoms with Crippen molar-refractivity contribution in [2.75, 3.05) is 0 Å². The highest BCUT2D eigenvalue weighted by atomic mass is 14.8. The maximum Gasteiger partial charge on any atom is 0.0720 e. The van der Waals surface area contributed by atoms with Gasteiger partial charge < -0.3 is 0 Å².